The maximum Gasteiger partial charge on any atom is 0.314 e. The van der Waals surface area contributed by atoms with E-state index in [0.717, 1.165) is 6.42 Å². The van der Waals surface area contributed by atoms with Crippen LogP contribution >= 0.6 is 0 Å². The number of aliphatic carboxylic acids is 1. The molecule has 1 atom stereocenters. The molecule has 3 N–H and O–H groups in total. The maximum absolute atomic E-state index is 11.5. The Morgan fingerprint density at radius 1 is 1.33 bits per heavy atom. The number of nitrogens with one attached hydrogen (secondary N) is 2. The highest BCUT2D eigenvalue weighted by atomic mass is 16.5. The molecule has 0 saturated heterocycles. The van der Waals surface area contributed by atoms with Crippen molar-refractivity contribution >= 4 is 12.0 Å². The van der Waals surface area contributed by atoms with E-state index in [1.54, 1.807) is 7.11 Å². The highest BCUT2D eigenvalue weighted by Crippen LogP contribution is 2.07. The Hall–Kier alpha value is -1.30. The van der Waals surface area contributed by atoms with Crippen LogP contribution in [0.3, 0.4) is 0 Å². The number of urea groups is 1. The van der Waals surface area contributed by atoms with Crippen molar-refractivity contribution in [1.29, 1.82) is 0 Å². The Morgan fingerprint density at radius 3 is 2.39 bits per heavy atom. The molecule has 6 nitrogen and oxygen atoms in total. The zero-order chi connectivity index (χ0) is 14.2. The van der Waals surface area contributed by atoms with Gasteiger partial charge in [-0.1, -0.05) is 13.3 Å². The lowest BCUT2D eigenvalue weighted by Crippen LogP contribution is -2.45. The lowest BCUT2D eigenvalue weighted by molar-refractivity contribution is -0.138. The molecular weight excluding hydrogens is 236 g/mol. The van der Waals surface area contributed by atoms with Gasteiger partial charge in [-0.15, -0.1) is 0 Å². The van der Waals surface area contributed by atoms with Gasteiger partial charge in [0.1, 0.15) is 0 Å². The molecule has 0 spiro atoms. The Labute approximate surface area is 108 Å². The van der Waals surface area contributed by atoms with Crippen LogP contribution in [0.5, 0.6) is 0 Å². The zero-order valence-electron chi connectivity index (χ0n) is 11.6. The fraction of sp³-hybridized carbons (Fsp3) is 0.833. The molecule has 6 heteroatoms. The zero-order valence-corrected chi connectivity index (χ0v) is 11.6. The topological polar surface area (TPSA) is 87.7 Å². The van der Waals surface area contributed by atoms with Gasteiger partial charge < -0.3 is 20.5 Å². The van der Waals surface area contributed by atoms with E-state index < -0.39 is 11.6 Å². The average Bonchev–Trinajstić information content (AvgIpc) is 2.31. The van der Waals surface area contributed by atoms with Gasteiger partial charge in [0, 0.05) is 26.6 Å². The first-order chi connectivity index (χ1) is 8.30. The van der Waals surface area contributed by atoms with Crippen LogP contribution in [0.2, 0.25) is 0 Å². The van der Waals surface area contributed by atoms with Crippen molar-refractivity contribution in [2.24, 2.45) is 5.92 Å². The van der Waals surface area contributed by atoms with E-state index in [-0.39, 0.29) is 18.4 Å². The molecule has 0 aliphatic rings. The van der Waals surface area contributed by atoms with Crippen molar-refractivity contribution in [3.8, 4) is 0 Å². The summed E-state index contributed by atoms with van der Waals surface area (Å²) in [6.07, 6.45) is 0.788. The van der Waals surface area contributed by atoms with E-state index in [9.17, 15) is 9.59 Å². The molecule has 18 heavy (non-hydrogen) atoms. The second-order valence-corrected chi connectivity index (χ2v) is 4.90. The van der Waals surface area contributed by atoms with Crippen LogP contribution in [-0.2, 0) is 9.53 Å². The minimum absolute atomic E-state index is 0.0383. The number of ether oxygens (including phenoxy) is 1. The van der Waals surface area contributed by atoms with Crippen LogP contribution in [0, 0.1) is 5.92 Å². The van der Waals surface area contributed by atoms with Gasteiger partial charge >= 0.3 is 12.0 Å². The summed E-state index contributed by atoms with van der Waals surface area (Å²) in [5, 5.41) is 14.0. The molecule has 0 radical (unpaired) electrons. The Morgan fingerprint density at radius 2 is 1.94 bits per heavy atom. The third-order valence-corrected chi connectivity index (χ3v) is 2.82. The van der Waals surface area contributed by atoms with Crippen LogP contribution in [0.4, 0.5) is 4.79 Å². The number of hydrogen-bond acceptors (Lipinski definition) is 3. The first-order valence-corrected chi connectivity index (χ1v) is 6.09. The molecule has 0 fully saturated rings. The predicted molar refractivity (Wildman–Crippen MR) is 68.5 cm³/mol. The first kappa shape index (κ1) is 16.7. The van der Waals surface area contributed by atoms with Crippen LogP contribution in [0.15, 0.2) is 0 Å². The molecule has 106 valence electrons. The maximum atomic E-state index is 11.5. The largest absolute Gasteiger partial charge is 0.481 e. The molecule has 0 aromatic heterocycles. The Balaban J connectivity index is 3.91. The molecule has 0 rings (SSSR count). The summed E-state index contributed by atoms with van der Waals surface area (Å²) in [7, 11) is 1.58. The van der Waals surface area contributed by atoms with Gasteiger partial charge in [-0.2, -0.15) is 0 Å². The average molecular weight is 260 g/mol. The Bertz CT molecular complexity index is 279. The number of methoxy groups -OCH3 is 1. The normalized spacial score (nSPS) is 12.9. The third kappa shape index (κ3) is 7.89. The van der Waals surface area contributed by atoms with Crippen LogP contribution in [-0.4, -0.2) is 42.9 Å². The Kier molecular flexibility index (Phi) is 7.35. The van der Waals surface area contributed by atoms with Gasteiger partial charge in [-0.3, -0.25) is 4.79 Å². The van der Waals surface area contributed by atoms with E-state index in [1.807, 2.05) is 20.8 Å². The molecule has 0 saturated carbocycles. The highest BCUT2D eigenvalue weighted by molar-refractivity contribution is 5.74. The minimum atomic E-state index is -0.843. The predicted octanol–water partition coefficient (Wildman–Crippen LogP) is 1.21. The number of amides is 2. The summed E-state index contributed by atoms with van der Waals surface area (Å²) in [5.41, 5.74) is -0.414. The van der Waals surface area contributed by atoms with E-state index in [0.29, 0.717) is 13.1 Å². The molecular formula is C12H24N2O4. The number of carboxylic acid groups (broad SMARTS) is 1. The van der Waals surface area contributed by atoms with Crippen molar-refractivity contribution in [3.63, 3.8) is 0 Å². The van der Waals surface area contributed by atoms with Crippen molar-refractivity contribution in [3.05, 3.63) is 0 Å². The number of carboxylic acids is 1. The van der Waals surface area contributed by atoms with E-state index >= 15 is 0 Å². The molecule has 0 aliphatic heterocycles. The molecule has 0 aromatic carbocycles. The number of hydrogen-bond donors (Lipinski definition) is 3. The van der Waals surface area contributed by atoms with Crippen LogP contribution in [0.1, 0.15) is 33.6 Å². The lowest BCUT2D eigenvalue weighted by Gasteiger charge is -2.23. The highest BCUT2D eigenvalue weighted by Gasteiger charge is 2.18. The third-order valence-electron chi connectivity index (χ3n) is 2.82. The van der Waals surface area contributed by atoms with Crippen LogP contribution < -0.4 is 10.6 Å². The smallest absolute Gasteiger partial charge is 0.314 e. The molecule has 2 amide bonds. The minimum Gasteiger partial charge on any atom is -0.481 e. The number of carbonyl (C=O) groups is 2. The molecule has 1 unspecified atom stereocenters. The van der Waals surface area contributed by atoms with E-state index in [4.69, 9.17) is 9.84 Å². The second kappa shape index (κ2) is 7.92. The van der Waals surface area contributed by atoms with Crippen molar-refractivity contribution < 1.29 is 19.4 Å². The number of rotatable bonds is 8. The van der Waals surface area contributed by atoms with Gasteiger partial charge in [-0.25, -0.2) is 4.79 Å². The summed E-state index contributed by atoms with van der Waals surface area (Å²) < 4.78 is 5.17. The van der Waals surface area contributed by atoms with Gasteiger partial charge in [0.05, 0.1) is 5.60 Å². The SMILES string of the molecule is CCC(CNC(=O)NCC(C)(C)OC)CC(=O)O. The quantitative estimate of drug-likeness (QED) is 0.612. The summed E-state index contributed by atoms with van der Waals surface area (Å²) in [4.78, 5) is 22.1. The number of carbonyl (C=O) groups excluding carboxylic acids is 1. The van der Waals surface area contributed by atoms with Crippen molar-refractivity contribution in [2.45, 2.75) is 39.2 Å². The fourth-order valence-corrected chi connectivity index (χ4v) is 1.27. The van der Waals surface area contributed by atoms with Gasteiger partial charge in [0.2, 0.25) is 0 Å². The molecule has 0 aliphatic carbocycles. The molecule has 0 heterocycles. The summed E-state index contributed by atoms with van der Waals surface area (Å²) >= 11 is 0. The summed E-state index contributed by atoms with van der Waals surface area (Å²) in [5.74, 6) is -0.881. The summed E-state index contributed by atoms with van der Waals surface area (Å²) in [6.45, 7) is 6.40. The van der Waals surface area contributed by atoms with Gasteiger partial charge in [0.15, 0.2) is 0 Å². The fourth-order valence-electron chi connectivity index (χ4n) is 1.27. The second-order valence-electron chi connectivity index (χ2n) is 4.90. The van der Waals surface area contributed by atoms with Gasteiger partial charge in [-0.05, 0) is 19.8 Å². The monoisotopic (exact) mass is 260 g/mol. The molecule has 0 aromatic rings. The van der Waals surface area contributed by atoms with E-state index in [2.05, 4.69) is 10.6 Å². The van der Waals surface area contributed by atoms with Gasteiger partial charge in [0.25, 0.3) is 0 Å². The molecule has 0 bridgehead atoms. The van der Waals surface area contributed by atoms with Crippen molar-refractivity contribution in [2.75, 3.05) is 20.2 Å². The lowest BCUT2D eigenvalue weighted by atomic mass is 10.0. The van der Waals surface area contributed by atoms with E-state index in [1.165, 1.54) is 0 Å². The van der Waals surface area contributed by atoms with Crippen molar-refractivity contribution in [1.82, 2.24) is 10.6 Å². The first-order valence-electron chi connectivity index (χ1n) is 6.09. The summed E-state index contributed by atoms with van der Waals surface area (Å²) in [6, 6.07) is -0.302. The standard InChI is InChI=1S/C12H24N2O4/c1-5-9(6-10(15)16)7-13-11(17)14-8-12(2,3)18-4/h9H,5-8H2,1-4H3,(H,15,16)(H2,13,14,17). The van der Waals surface area contributed by atoms with Crippen LogP contribution in [0.25, 0.3) is 0 Å².